The molecule has 0 fully saturated rings. The van der Waals surface area contributed by atoms with Crippen LogP contribution in [0.5, 0.6) is 11.5 Å². The Balaban J connectivity index is 1.72. The molecule has 0 saturated heterocycles. The molecule has 0 spiro atoms. The van der Waals surface area contributed by atoms with Crippen LogP contribution < -0.4 is 25.4 Å². The minimum Gasteiger partial charge on any atom is -0.497 e. The van der Waals surface area contributed by atoms with Crippen molar-refractivity contribution in [2.45, 2.75) is 19.9 Å². The number of methoxy groups -OCH3 is 2. The molecule has 0 unspecified atom stereocenters. The summed E-state index contributed by atoms with van der Waals surface area (Å²) in [6.07, 6.45) is 0.787. The van der Waals surface area contributed by atoms with E-state index < -0.39 is 0 Å². The maximum absolute atomic E-state index is 12.1. The molecule has 0 aliphatic heterocycles. The molecule has 7 nitrogen and oxygen atoms in total. The number of carbonyl (C=O) groups is 1. The van der Waals surface area contributed by atoms with Crippen molar-refractivity contribution in [2.75, 3.05) is 34.4 Å². The van der Waals surface area contributed by atoms with Crippen LogP contribution in [0.3, 0.4) is 0 Å². The minimum absolute atomic E-state index is 0.107. The molecule has 0 aliphatic rings. The van der Waals surface area contributed by atoms with Crippen LogP contribution in [0.4, 0.5) is 0 Å². The summed E-state index contributed by atoms with van der Waals surface area (Å²) >= 11 is 0. The first-order valence-electron chi connectivity index (χ1n) is 9.53. The van der Waals surface area contributed by atoms with E-state index in [0.29, 0.717) is 19.0 Å². The van der Waals surface area contributed by atoms with E-state index in [0.717, 1.165) is 29.0 Å². The lowest BCUT2D eigenvalue weighted by Gasteiger charge is -2.13. The first-order chi connectivity index (χ1) is 14.0. The second-order valence-corrected chi connectivity index (χ2v) is 6.54. The number of nitrogens with zero attached hydrogens (tertiary/aromatic N) is 1. The van der Waals surface area contributed by atoms with Crippen LogP contribution in [0, 0.1) is 6.92 Å². The Labute approximate surface area is 172 Å². The van der Waals surface area contributed by atoms with Gasteiger partial charge in [0.25, 0.3) is 0 Å². The van der Waals surface area contributed by atoms with Gasteiger partial charge in [-0.3, -0.25) is 9.79 Å². The van der Waals surface area contributed by atoms with Crippen LogP contribution in [0.1, 0.15) is 16.7 Å². The van der Waals surface area contributed by atoms with E-state index >= 15 is 0 Å². The summed E-state index contributed by atoms with van der Waals surface area (Å²) in [5, 5.41) is 9.12. The Hall–Kier alpha value is -3.22. The topological polar surface area (TPSA) is 84.0 Å². The van der Waals surface area contributed by atoms with E-state index in [1.54, 1.807) is 21.3 Å². The highest BCUT2D eigenvalue weighted by molar-refractivity contribution is 5.86. The van der Waals surface area contributed by atoms with Crippen LogP contribution in [0.15, 0.2) is 47.5 Å². The number of hydrogen-bond acceptors (Lipinski definition) is 4. The number of hydrogen-bond donors (Lipinski definition) is 3. The van der Waals surface area contributed by atoms with E-state index in [9.17, 15) is 4.79 Å². The molecule has 0 saturated carbocycles. The fraction of sp³-hybridized carbons (Fsp3) is 0.364. The number of aliphatic imine (C=N–C) groups is 1. The van der Waals surface area contributed by atoms with Crippen molar-refractivity contribution in [1.29, 1.82) is 0 Å². The molecule has 1 amide bonds. The van der Waals surface area contributed by atoms with Crippen molar-refractivity contribution in [3.05, 3.63) is 59.2 Å². The zero-order chi connectivity index (χ0) is 21.1. The predicted octanol–water partition coefficient (Wildman–Crippen LogP) is 2.04. The predicted molar refractivity (Wildman–Crippen MR) is 116 cm³/mol. The van der Waals surface area contributed by atoms with E-state index in [4.69, 9.17) is 9.47 Å². The SMILES string of the molecule is CN=C(NCCc1cc(C)ccc1OC)NCC(=O)NCc1ccc(OC)cc1. The van der Waals surface area contributed by atoms with Gasteiger partial charge in [0.1, 0.15) is 11.5 Å². The maximum Gasteiger partial charge on any atom is 0.239 e. The van der Waals surface area contributed by atoms with Crippen LogP contribution in [0.2, 0.25) is 0 Å². The first kappa shape index (κ1) is 22.1. The maximum atomic E-state index is 12.1. The van der Waals surface area contributed by atoms with Gasteiger partial charge in [-0.25, -0.2) is 0 Å². The molecule has 2 aromatic carbocycles. The van der Waals surface area contributed by atoms with Gasteiger partial charge < -0.3 is 25.4 Å². The summed E-state index contributed by atoms with van der Waals surface area (Å²) < 4.78 is 10.5. The summed E-state index contributed by atoms with van der Waals surface area (Å²) in [6, 6.07) is 13.7. The molecule has 29 heavy (non-hydrogen) atoms. The third-order valence-electron chi connectivity index (χ3n) is 4.41. The molecule has 156 valence electrons. The number of rotatable bonds is 9. The van der Waals surface area contributed by atoms with E-state index in [2.05, 4.69) is 33.9 Å². The largest absolute Gasteiger partial charge is 0.497 e. The van der Waals surface area contributed by atoms with Crippen molar-refractivity contribution < 1.29 is 14.3 Å². The first-order valence-corrected chi connectivity index (χ1v) is 9.53. The fourth-order valence-electron chi connectivity index (χ4n) is 2.81. The summed E-state index contributed by atoms with van der Waals surface area (Å²) in [5.41, 5.74) is 3.33. The molecule has 2 aromatic rings. The Morgan fingerprint density at radius 3 is 2.41 bits per heavy atom. The van der Waals surface area contributed by atoms with Gasteiger partial charge in [-0.15, -0.1) is 0 Å². The van der Waals surface area contributed by atoms with Gasteiger partial charge in [-0.05, 0) is 42.7 Å². The number of carbonyl (C=O) groups excluding carboxylic acids is 1. The second-order valence-electron chi connectivity index (χ2n) is 6.54. The molecule has 0 aliphatic carbocycles. The monoisotopic (exact) mass is 398 g/mol. The van der Waals surface area contributed by atoms with Crippen LogP contribution in [0.25, 0.3) is 0 Å². The number of nitrogens with one attached hydrogen (secondary N) is 3. The van der Waals surface area contributed by atoms with Crippen molar-refractivity contribution >= 4 is 11.9 Å². The summed E-state index contributed by atoms with van der Waals surface area (Å²) in [6.45, 7) is 3.33. The highest BCUT2D eigenvalue weighted by Gasteiger charge is 2.06. The number of aryl methyl sites for hydroxylation is 1. The molecule has 0 aromatic heterocycles. The van der Waals surface area contributed by atoms with Crippen molar-refractivity contribution in [3.8, 4) is 11.5 Å². The molecular formula is C22H30N4O3. The molecule has 3 N–H and O–H groups in total. The number of benzene rings is 2. The highest BCUT2D eigenvalue weighted by atomic mass is 16.5. The molecule has 0 atom stereocenters. The Morgan fingerprint density at radius 2 is 1.76 bits per heavy atom. The Kier molecular flexibility index (Phi) is 8.82. The summed E-state index contributed by atoms with van der Waals surface area (Å²) in [4.78, 5) is 16.2. The van der Waals surface area contributed by atoms with Crippen molar-refractivity contribution in [2.24, 2.45) is 4.99 Å². The third-order valence-corrected chi connectivity index (χ3v) is 4.41. The molecule has 0 heterocycles. The van der Waals surface area contributed by atoms with Crippen LogP contribution in [-0.2, 0) is 17.8 Å². The summed E-state index contributed by atoms with van der Waals surface area (Å²) in [5.74, 6) is 2.14. The van der Waals surface area contributed by atoms with Gasteiger partial charge in [0.2, 0.25) is 5.91 Å². The van der Waals surface area contributed by atoms with Gasteiger partial charge in [-0.1, -0.05) is 29.8 Å². The number of guanidine groups is 1. The van der Waals surface area contributed by atoms with Crippen LogP contribution in [-0.4, -0.2) is 46.2 Å². The lowest BCUT2D eigenvalue weighted by Crippen LogP contribution is -2.43. The van der Waals surface area contributed by atoms with E-state index in [1.165, 1.54) is 5.56 Å². The average Bonchev–Trinajstić information content (AvgIpc) is 2.75. The van der Waals surface area contributed by atoms with Crippen molar-refractivity contribution in [1.82, 2.24) is 16.0 Å². The third kappa shape index (κ3) is 7.37. The summed E-state index contributed by atoms with van der Waals surface area (Å²) in [7, 11) is 4.98. The van der Waals surface area contributed by atoms with Gasteiger partial charge in [0.15, 0.2) is 5.96 Å². The Morgan fingerprint density at radius 1 is 1.00 bits per heavy atom. The molecule has 2 rings (SSSR count). The molecular weight excluding hydrogens is 368 g/mol. The molecule has 0 bridgehead atoms. The minimum atomic E-state index is -0.107. The molecule has 0 radical (unpaired) electrons. The van der Waals surface area contributed by atoms with Gasteiger partial charge in [0.05, 0.1) is 20.8 Å². The highest BCUT2D eigenvalue weighted by Crippen LogP contribution is 2.19. The van der Waals surface area contributed by atoms with Gasteiger partial charge in [0, 0.05) is 20.1 Å². The van der Waals surface area contributed by atoms with Gasteiger partial charge in [-0.2, -0.15) is 0 Å². The van der Waals surface area contributed by atoms with E-state index in [1.807, 2.05) is 36.4 Å². The lowest BCUT2D eigenvalue weighted by molar-refractivity contribution is -0.120. The zero-order valence-corrected chi connectivity index (χ0v) is 17.5. The standard InChI is InChI=1S/C22H30N4O3/c1-16-5-10-20(29-4)18(13-16)11-12-24-22(23-2)26-15-21(27)25-14-17-6-8-19(28-3)9-7-17/h5-10,13H,11-12,14-15H2,1-4H3,(H,25,27)(H2,23,24,26). The van der Waals surface area contributed by atoms with Crippen molar-refractivity contribution in [3.63, 3.8) is 0 Å². The quantitative estimate of drug-likeness (QED) is 0.445. The lowest BCUT2D eigenvalue weighted by atomic mass is 10.1. The molecule has 7 heteroatoms. The van der Waals surface area contributed by atoms with Crippen LogP contribution >= 0.6 is 0 Å². The number of amides is 1. The van der Waals surface area contributed by atoms with Gasteiger partial charge >= 0.3 is 0 Å². The normalized spacial score (nSPS) is 11.0. The zero-order valence-electron chi connectivity index (χ0n) is 17.5. The smallest absolute Gasteiger partial charge is 0.239 e. The second kappa shape index (κ2) is 11.6. The number of ether oxygens (including phenoxy) is 2. The average molecular weight is 399 g/mol. The fourth-order valence-corrected chi connectivity index (χ4v) is 2.81. The van der Waals surface area contributed by atoms with E-state index in [-0.39, 0.29) is 12.5 Å². The Bertz CT molecular complexity index is 819.